The van der Waals surface area contributed by atoms with Crippen LogP contribution in [0.2, 0.25) is 0 Å². The number of amides is 1. The molecule has 4 aromatic rings. The second-order valence-electron chi connectivity index (χ2n) is 9.25. The summed E-state index contributed by atoms with van der Waals surface area (Å²) in [7, 11) is 1.34. The molecule has 0 aliphatic heterocycles. The van der Waals surface area contributed by atoms with Crippen molar-refractivity contribution in [2.75, 3.05) is 24.4 Å². The van der Waals surface area contributed by atoms with Crippen LogP contribution in [0.1, 0.15) is 33.6 Å². The van der Waals surface area contributed by atoms with E-state index in [0.29, 0.717) is 18.5 Å². The van der Waals surface area contributed by atoms with Gasteiger partial charge in [-0.05, 0) is 65.8 Å². The lowest BCUT2D eigenvalue weighted by Crippen LogP contribution is -2.42. The Bertz CT molecular complexity index is 1400. The molecule has 8 heteroatoms. The number of anilines is 1. The lowest BCUT2D eigenvalue weighted by molar-refractivity contribution is -0.142. The topological polar surface area (TPSA) is 85.2 Å². The lowest BCUT2D eigenvalue weighted by atomic mass is 9.98. The molecule has 39 heavy (non-hydrogen) atoms. The second kappa shape index (κ2) is 13.7. The number of nitrogens with zero attached hydrogens (tertiary/aromatic N) is 2. The van der Waals surface area contributed by atoms with E-state index < -0.39 is 12.0 Å². The number of aromatic nitrogens is 2. The molecule has 0 saturated carbocycles. The fraction of sp³-hybridized carbons (Fsp3) is 0.258. The summed E-state index contributed by atoms with van der Waals surface area (Å²) in [6.07, 6.45) is 6.18. The maximum Gasteiger partial charge on any atom is 0.328 e. The van der Waals surface area contributed by atoms with Gasteiger partial charge in [0.2, 0.25) is 0 Å². The number of carbonyl (C=O) groups is 2. The number of ether oxygens (including phenoxy) is 1. The molecule has 1 amide bonds. The molecule has 4 rings (SSSR count). The highest BCUT2D eigenvalue weighted by Crippen LogP contribution is 2.28. The van der Waals surface area contributed by atoms with Crippen molar-refractivity contribution in [1.82, 2.24) is 14.9 Å². The first kappa shape index (κ1) is 28.0. The summed E-state index contributed by atoms with van der Waals surface area (Å²) in [5.41, 5.74) is 6.61. The summed E-state index contributed by atoms with van der Waals surface area (Å²) in [5, 5.41) is 6.37. The third kappa shape index (κ3) is 7.29. The van der Waals surface area contributed by atoms with Gasteiger partial charge in [-0.25, -0.2) is 9.78 Å². The number of hydrogen-bond donors (Lipinski definition) is 2. The number of thioether (sulfide) groups is 1. The number of hydrogen-bond acceptors (Lipinski definition) is 6. The number of esters is 1. The second-order valence-corrected chi connectivity index (χ2v) is 10.2. The first-order valence-corrected chi connectivity index (χ1v) is 14.2. The Morgan fingerprint density at radius 1 is 1.05 bits per heavy atom. The maximum atomic E-state index is 13.4. The molecule has 1 atom stereocenters. The molecule has 0 fully saturated rings. The van der Waals surface area contributed by atoms with Crippen molar-refractivity contribution in [2.24, 2.45) is 0 Å². The van der Waals surface area contributed by atoms with Crippen molar-refractivity contribution in [3.63, 3.8) is 0 Å². The quantitative estimate of drug-likeness (QED) is 0.229. The Hall–Kier alpha value is -4.04. The molecule has 202 valence electrons. The normalized spacial score (nSPS) is 11.6. The Labute approximate surface area is 234 Å². The van der Waals surface area contributed by atoms with Gasteiger partial charge in [-0.1, -0.05) is 54.6 Å². The molecule has 2 N–H and O–H groups in total. The zero-order chi connectivity index (χ0) is 27.6. The molecule has 0 radical (unpaired) electrons. The van der Waals surface area contributed by atoms with Gasteiger partial charge in [0.1, 0.15) is 6.04 Å². The Morgan fingerprint density at radius 2 is 1.82 bits per heavy atom. The van der Waals surface area contributed by atoms with E-state index in [0.717, 1.165) is 34.8 Å². The van der Waals surface area contributed by atoms with Crippen LogP contribution in [-0.2, 0) is 22.6 Å². The van der Waals surface area contributed by atoms with Gasteiger partial charge in [-0.3, -0.25) is 4.79 Å². The van der Waals surface area contributed by atoms with E-state index in [-0.39, 0.29) is 5.91 Å². The SMILES string of the molecule is COC(=O)[C@H](CCSC)NC(=O)c1ccc(NCc2cncn2Cc2ccccc2C)cc1-c1ccccc1. The van der Waals surface area contributed by atoms with Crippen LogP contribution >= 0.6 is 11.8 Å². The van der Waals surface area contributed by atoms with Gasteiger partial charge >= 0.3 is 5.97 Å². The number of benzene rings is 3. The van der Waals surface area contributed by atoms with Crippen LogP contribution in [0.15, 0.2) is 85.3 Å². The number of methoxy groups -OCH3 is 1. The van der Waals surface area contributed by atoms with E-state index in [1.54, 1.807) is 17.8 Å². The van der Waals surface area contributed by atoms with Gasteiger partial charge in [-0.15, -0.1) is 0 Å². The van der Waals surface area contributed by atoms with Crippen molar-refractivity contribution >= 4 is 29.3 Å². The number of aryl methyl sites for hydroxylation is 1. The van der Waals surface area contributed by atoms with Gasteiger partial charge in [0.25, 0.3) is 5.91 Å². The smallest absolute Gasteiger partial charge is 0.328 e. The Balaban J connectivity index is 1.55. The van der Waals surface area contributed by atoms with Crippen molar-refractivity contribution in [3.8, 4) is 11.1 Å². The third-order valence-corrected chi connectivity index (χ3v) is 7.27. The molecule has 0 aliphatic rings. The number of imidazole rings is 1. The Kier molecular flexibility index (Phi) is 9.80. The van der Waals surface area contributed by atoms with Crippen LogP contribution in [0.4, 0.5) is 5.69 Å². The highest BCUT2D eigenvalue weighted by molar-refractivity contribution is 7.98. The van der Waals surface area contributed by atoms with E-state index in [4.69, 9.17) is 4.74 Å². The zero-order valence-electron chi connectivity index (χ0n) is 22.5. The highest BCUT2D eigenvalue weighted by Gasteiger charge is 2.23. The largest absolute Gasteiger partial charge is 0.467 e. The van der Waals surface area contributed by atoms with Gasteiger partial charge in [0.15, 0.2) is 0 Å². The molecular formula is C31H34N4O3S. The molecule has 3 aromatic carbocycles. The van der Waals surface area contributed by atoms with E-state index >= 15 is 0 Å². The summed E-state index contributed by atoms with van der Waals surface area (Å²) >= 11 is 1.62. The van der Waals surface area contributed by atoms with Crippen LogP contribution in [0, 0.1) is 6.92 Å². The molecule has 0 unspecified atom stereocenters. The average molecular weight is 543 g/mol. The average Bonchev–Trinajstić information content (AvgIpc) is 3.42. The standard InChI is InChI=1S/C31H34N4O3S/c1-22-9-7-8-12-24(22)20-35-21-32-18-26(35)19-33-25-13-14-27(28(17-25)23-10-5-4-6-11-23)30(36)34-29(15-16-39-3)31(37)38-2/h4-14,17-18,21,29,33H,15-16,19-20H2,1-3H3,(H,34,36)/t29-/m0/s1. The molecule has 0 aliphatic carbocycles. The summed E-state index contributed by atoms with van der Waals surface area (Å²) in [6.45, 7) is 3.43. The summed E-state index contributed by atoms with van der Waals surface area (Å²) in [5.74, 6) is -0.0260. The number of carbonyl (C=O) groups excluding carboxylic acids is 2. The zero-order valence-corrected chi connectivity index (χ0v) is 23.3. The first-order valence-electron chi connectivity index (χ1n) is 12.8. The first-order chi connectivity index (χ1) is 19.0. The van der Waals surface area contributed by atoms with Crippen molar-refractivity contribution in [3.05, 3.63) is 108 Å². The van der Waals surface area contributed by atoms with Crippen LogP contribution in [0.5, 0.6) is 0 Å². The third-order valence-electron chi connectivity index (χ3n) is 6.62. The summed E-state index contributed by atoms with van der Waals surface area (Å²) in [4.78, 5) is 30.0. The Morgan fingerprint density at radius 3 is 2.56 bits per heavy atom. The number of nitrogens with one attached hydrogen (secondary N) is 2. The van der Waals surface area contributed by atoms with Crippen molar-refractivity contribution in [1.29, 1.82) is 0 Å². The van der Waals surface area contributed by atoms with Gasteiger partial charge < -0.3 is 19.9 Å². The highest BCUT2D eigenvalue weighted by atomic mass is 32.2. The van der Waals surface area contributed by atoms with Gasteiger partial charge in [-0.2, -0.15) is 11.8 Å². The van der Waals surface area contributed by atoms with Crippen LogP contribution in [-0.4, -0.2) is 46.6 Å². The fourth-order valence-electron chi connectivity index (χ4n) is 4.37. The minimum absolute atomic E-state index is 0.312. The summed E-state index contributed by atoms with van der Waals surface area (Å²) in [6, 6.07) is 23.1. The molecular weight excluding hydrogens is 508 g/mol. The van der Waals surface area contributed by atoms with Gasteiger partial charge in [0.05, 0.1) is 25.7 Å². The minimum atomic E-state index is -0.704. The predicted molar refractivity (Wildman–Crippen MR) is 158 cm³/mol. The molecule has 0 bridgehead atoms. The molecule has 7 nitrogen and oxygen atoms in total. The van der Waals surface area contributed by atoms with Crippen LogP contribution < -0.4 is 10.6 Å². The van der Waals surface area contributed by atoms with E-state index in [1.807, 2.05) is 67.3 Å². The van der Waals surface area contributed by atoms with Crippen LogP contribution in [0.3, 0.4) is 0 Å². The fourth-order valence-corrected chi connectivity index (χ4v) is 4.84. The maximum absolute atomic E-state index is 13.4. The molecule has 1 heterocycles. The van der Waals surface area contributed by atoms with Crippen LogP contribution in [0.25, 0.3) is 11.1 Å². The van der Waals surface area contributed by atoms with Crippen molar-refractivity contribution < 1.29 is 14.3 Å². The van der Waals surface area contributed by atoms with Crippen molar-refractivity contribution in [2.45, 2.75) is 32.5 Å². The van der Waals surface area contributed by atoms with Gasteiger partial charge in [0, 0.05) is 24.0 Å². The number of rotatable bonds is 12. The van der Waals surface area contributed by atoms with E-state index in [1.165, 1.54) is 18.2 Å². The van der Waals surface area contributed by atoms with E-state index in [2.05, 4.69) is 45.3 Å². The molecule has 0 spiro atoms. The molecule has 1 aromatic heterocycles. The minimum Gasteiger partial charge on any atom is -0.467 e. The monoisotopic (exact) mass is 542 g/mol. The predicted octanol–water partition coefficient (Wildman–Crippen LogP) is 5.54. The lowest BCUT2D eigenvalue weighted by Gasteiger charge is -2.18. The van der Waals surface area contributed by atoms with E-state index in [9.17, 15) is 9.59 Å². The molecule has 0 saturated heterocycles. The summed E-state index contributed by atoms with van der Waals surface area (Å²) < 4.78 is 7.06.